The molecular weight excluding hydrogens is 262 g/mol. The first-order valence-corrected chi connectivity index (χ1v) is 6.51. The van der Waals surface area contributed by atoms with Gasteiger partial charge in [0.1, 0.15) is 17.5 Å². The summed E-state index contributed by atoms with van der Waals surface area (Å²) in [5.41, 5.74) is 13.9. The maximum absolute atomic E-state index is 7.60. The van der Waals surface area contributed by atoms with Crippen molar-refractivity contribution in [2.75, 3.05) is 0 Å². The minimum Gasteiger partial charge on any atom is -0.384 e. The average molecular weight is 277 g/mol. The van der Waals surface area contributed by atoms with E-state index in [4.69, 9.17) is 16.9 Å². The van der Waals surface area contributed by atoms with Crippen LogP contribution in [0.25, 0.3) is 10.9 Å². The van der Waals surface area contributed by atoms with Crippen LogP contribution in [0.4, 0.5) is 5.82 Å². The van der Waals surface area contributed by atoms with E-state index in [0.29, 0.717) is 22.8 Å². The van der Waals surface area contributed by atoms with Crippen LogP contribution in [-0.2, 0) is 0 Å². The number of aromatic amines is 1. The average Bonchev–Trinajstić information content (AvgIpc) is 2.89. The van der Waals surface area contributed by atoms with Crippen LogP contribution in [0.2, 0.25) is 0 Å². The fourth-order valence-electron chi connectivity index (χ4n) is 2.25. The molecule has 0 bridgehead atoms. The lowest BCUT2D eigenvalue weighted by Gasteiger charge is -2.06. The van der Waals surface area contributed by atoms with Crippen LogP contribution in [0.15, 0.2) is 59.6 Å². The Morgan fingerprint density at radius 3 is 2.33 bits per heavy atom. The molecule has 2 aromatic carbocycles. The largest absolute Gasteiger partial charge is 0.384 e. The molecule has 104 valence electrons. The minimum absolute atomic E-state index is 0.0274. The van der Waals surface area contributed by atoms with E-state index < -0.39 is 0 Å². The maximum Gasteiger partial charge on any atom is 0.133 e. The number of hydrogen-bond acceptors (Lipinski definition) is 2. The Morgan fingerprint density at radius 1 is 0.952 bits per heavy atom. The predicted molar refractivity (Wildman–Crippen MR) is 86.1 cm³/mol. The summed E-state index contributed by atoms with van der Waals surface area (Å²) in [4.78, 5) is 7.59. The SMILES string of the molecule is N=C(N)c1ccccc1C(N)=Nc1cc2ccccc2[nH]1. The van der Waals surface area contributed by atoms with Crippen LogP contribution in [0.1, 0.15) is 11.1 Å². The smallest absolute Gasteiger partial charge is 0.133 e. The van der Waals surface area contributed by atoms with Gasteiger partial charge in [0.25, 0.3) is 0 Å². The highest BCUT2D eigenvalue weighted by molar-refractivity contribution is 6.09. The summed E-state index contributed by atoms with van der Waals surface area (Å²) in [5, 5.41) is 8.67. The van der Waals surface area contributed by atoms with Gasteiger partial charge in [0, 0.05) is 22.0 Å². The minimum atomic E-state index is -0.0274. The van der Waals surface area contributed by atoms with Crippen LogP contribution in [0.3, 0.4) is 0 Å². The Bertz CT molecular complexity index is 812. The predicted octanol–water partition coefficient (Wildman–Crippen LogP) is 2.49. The van der Waals surface area contributed by atoms with E-state index in [0.717, 1.165) is 10.9 Å². The van der Waals surface area contributed by atoms with Gasteiger partial charge in [-0.25, -0.2) is 4.99 Å². The number of nitrogens with one attached hydrogen (secondary N) is 2. The van der Waals surface area contributed by atoms with Crippen LogP contribution in [-0.4, -0.2) is 16.7 Å². The zero-order valence-corrected chi connectivity index (χ0v) is 11.3. The lowest BCUT2D eigenvalue weighted by molar-refractivity contribution is 1.34. The van der Waals surface area contributed by atoms with Gasteiger partial charge in [-0.05, 0) is 12.1 Å². The van der Waals surface area contributed by atoms with Gasteiger partial charge in [-0.2, -0.15) is 0 Å². The van der Waals surface area contributed by atoms with Crippen molar-refractivity contribution in [1.82, 2.24) is 4.98 Å². The highest BCUT2D eigenvalue weighted by atomic mass is 15.0. The summed E-state index contributed by atoms with van der Waals surface area (Å²) in [6, 6.07) is 17.1. The van der Waals surface area contributed by atoms with E-state index in [1.54, 1.807) is 12.1 Å². The summed E-state index contributed by atoms with van der Waals surface area (Å²) in [5.74, 6) is 0.972. The Hall–Kier alpha value is -3.08. The van der Waals surface area contributed by atoms with Crippen molar-refractivity contribution in [2.45, 2.75) is 0 Å². The van der Waals surface area contributed by atoms with Gasteiger partial charge in [-0.3, -0.25) is 5.41 Å². The normalized spacial score (nSPS) is 11.7. The number of nitrogens with zero attached hydrogens (tertiary/aromatic N) is 1. The van der Waals surface area contributed by atoms with E-state index in [1.807, 2.05) is 42.5 Å². The van der Waals surface area contributed by atoms with E-state index >= 15 is 0 Å². The number of hydrogen-bond donors (Lipinski definition) is 4. The molecule has 0 atom stereocenters. The third-order valence-corrected chi connectivity index (χ3v) is 3.25. The number of benzene rings is 2. The third-order valence-electron chi connectivity index (χ3n) is 3.25. The lowest BCUT2D eigenvalue weighted by atomic mass is 10.1. The number of nitrogen functional groups attached to an aromatic ring is 1. The molecule has 0 spiro atoms. The quantitative estimate of drug-likeness (QED) is 0.436. The number of amidine groups is 2. The van der Waals surface area contributed by atoms with Crippen LogP contribution < -0.4 is 11.5 Å². The molecular formula is C16H15N5. The van der Waals surface area contributed by atoms with Crippen LogP contribution >= 0.6 is 0 Å². The molecule has 5 heteroatoms. The summed E-state index contributed by atoms with van der Waals surface area (Å²) < 4.78 is 0. The van der Waals surface area contributed by atoms with Crippen molar-refractivity contribution in [3.05, 3.63) is 65.7 Å². The first-order chi connectivity index (χ1) is 10.1. The zero-order valence-electron chi connectivity index (χ0n) is 11.3. The maximum atomic E-state index is 7.60. The second-order valence-electron chi connectivity index (χ2n) is 4.70. The summed E-state index contributed by atoms with van der Waals surface area (Å²) in [6.45, 7) is 0. The number of para-hydroxylation sites is 1. The molecule has 3 aromatic rings. The molecule has 1 heterocycles. The number of H-pyrrole nitrogens is 1. The molecule has 6 N–H and O–H groups in total. The van der Waals surface area contributed by atoms with Gasteiger partial charge in [0.05, 0.1) is 0 Å². The molecule has 21 heavy (non-hydrogen) atoms. The molecule has 0 amide bonds. The summed E-state index contributed by atoms with van der Waals surface area (Å²) >= 11 is 0. The molecule has 0 saturated carbocycles. The molecule has 0 fully saturated rings. The van der Waals surface area contributed by atoms with Crippen molar-refractivity contribution >= 4 is 28.4 Å². The highest BCUT2D eigenvalue weighted by Crippen LogP contribution is 2.21. The molecule has 0 aliphatic rings. The van der Waals surface area contributed by atoms with Gasteiger partial charge in [-0.15, -0.1) is 0 Å². The number of aromatic nitrogens is 1. The second-order valence-corrected chi connectivity index (χ2v) is 4.70. The Balaban J connectivity index is 2.05. The molecule has 0 radical (unpaired) electrons. The number of nitrogens with two attached hydrogens (primary N) is 2. The first-order valence-electron chi connectivity index (χ1n) is 6.51. The van der Waals surface area contributed by atoms with E-state index in [1.165, 1.54) is 0 Å². The van der Waals surface area contributed by atoms with Crippen molar-refractivity contribution in [2.24, 2.45) is 16.5 Å². The van der Waals surface area contributed by atoms with Gasteiger partial charge in [0.2, 0.25) is 0 Å². The molecule has 0 saturated heterocycles. The van der Waals surface area contributed by atoms with E-state index in [2.05, 4.69) is 9.98 Å². The van der Waals surface area contributed by atoms with Crippen molar-refractivity contribution in [3.8, 4) is 0 Å². The fourth-order valence-corrected chi connectivity index (χ4v) is 2.25. The standard InChI is InChI=1S/C16H15N5/c17-15(18)11-6-2-3-7-12(11)16(19)21-14-9-10-5-1-4-8-13(10)20-14/h1-9,20H,(H3,17,18)(H2,19,21). The van der Waals surface area contributed by atoms with Gasteiger partial charge in [0.15, 0.2) is 0 Å². The van der Waals surface area contributed by atoms with Crippen molar-refractivity contribution in [3.63, 3.8) is 0 Å². The number of rotatable bonds is 3. The molecule has 0 unspecified atom stereocenters. The summed E-state index contributed by atoms with van der Waals surface area (Å²) in [7, 11) is 0. The molecule has 3 rings (SSSR count). The highest BCUT2D eigenvalue weighted by Gasteiger charge is 2.08. The number of fused-ring (bicyclic) bond motifs is 1. The van der Waals surface area contributed by atoms with E-state index in [9.17, 15) is 0 Å². The molecule has 0 aliphatic heterocycles. The van der Waals surface area contributed by atoms with Gasteiger partial charge in [-0.1, -0.05) is 42.5 Å². The van der Waals surface area contributed by atoms with Crippen LogP contribution in [0, 0.1) is 5.41 Å². The first kappa shape index (κ1) is 12.9. The van der Waals surface area contributed by atoms with E-state index in [-0.39, 0.29) is 5.84 Å². The molecule has 0 aliphatic carbocycles. The van der Waals surface area contributed by atoms with Crippen molar-refractivity contribution in [1.29, 1.82) is 5.41 Å². The Kier molecular flexibility index (Phi) is 3.16. The van der Waals surface area contributed by atoms with Crippen molar-refractivity contribution < 1.29 is 0 Å². The third kappa shape index (κ3) is 2.49. The monoisotopic (exact) mass is 277 g/mol. The zero-order chi connectivity index (χ0) is 14.8. The topological polar surface area (TPSA) is 104 Å². The molecule has 5 nitrogen and oxygen atoms in total. The van der Waals surface area contributed by atoms with Gasteiger partial charge >= 0.3 is 0 Å². The Morgan fingerprint density at radius 2 is 1.62 bits per heavy atom. The number of aliphatic imine (C=N–C) groups is 1. The Labute approximate surface area is 121 Å². The second kappa shape index (κ2) is 5.13. The fraction of sp³-hybridized carbons (Fsp3) is 0. The summed E-state index contributed by atoms with van der Waals surface area (Å²) in [6.07, 6.45) is 0. The lowest BCUT2D eigenvalue weighted by Crippen LogP contribution is -2.21. The van der Waals surface area contributed by atoms with Gasteiger partial charge < -0.3 is 16.5 Å². The molecule has 1 aromatic heterocycles. The van der Waals surface area contributed by atoms with Crippen LogP contribution in [0.5, 0.6) is 0 Å².